The van der Waals surface area contributed by atoms with Gasteiger partial charge in [0.2, 0.25) is 0 Å². The van der Waals surface area contributed by atoms with Gasteiger partial charge in [-0.2, -0.15) is 0 Å². The lowest BCUT2D eigenvalue weighted by Crippen LogP contribution is -1.76. The van der Waals surface area contributed by atoms with Crippen molar-refractivity contribution in [2.75, 3.05) is 0 Å². The molecule has 0 atom stereocenters. The molecule has 0 aliphatic carbocycles. The molecule has 0 saturated heterocycles. The van der Waals surface area contributed by atoms with Crippen LogP contribution in [0.3, 0.4) is 0 Å². The summed E-state index contributed by atoms with van der Waals surface area (Å²) in [5.41, 5.74) is 3.03. The molecular formula is C15H12O. The Morgan fingerprint density at radius 2 is 1.56 bits per heavy atom. The van der Waals surface area contributed by atoms with Crippen LogP contribution in [-0.4, -0.2) is 5.11 Å². The third-order valence-corrected chi connectivity index (χ3v) is 2.25. The van der Waals surface area contributed by atoms with Crippen molar-refractivity contribution in [2.24, 2.45) is 0 Å². The molecule has 1 heteroatoms. The fourth-order valence-corrected chi connectivity index (χ4v) is 1.36. The molecular weight excluding hydrogens is 196 g/mol. The van der Waals surface area contributed by atoms with Crippen LogP contribution in [-0.2, 0) is 0 Å². The van der Waals surface area contributed by atoms with E-state index in [4.69, 9.17) is 0 Å². The van der Waals surface area contributed by atoms with Gasteiger partial charge in [0, 0.05) is 11.1 Å². The maximum absolute atomic E-state index is 9.28. The molecule has 0 bridgehead atoms. The quantitative estimate of drug-likeness (QED) is 0.659. The highest BCUT2D eigenvalue weighted by Gasteiger charge is 1.89. The highest BCUT2D eigenvalue weighted by Crippen LogP contribution is 2.09. The average Bonchev–Trinajstić information content (AvgIpc) is 2.28. The summed E-state index contributed by atoms with van der Waals surface area (Å²) in [5, 5.41) is 9.28. The van der Waals surface area contributed by atoms with Crippen LogP contribution in [0.2, 0.25) is 0 Å². The first-order valence-corrected chi connectivity index (χ1v) is 5.12. The molecule has 16 heavy (non-hydrogen) atoms. The van der Waals surface area contributed by atoms with Crippen molar-refractivity contribution in [3.05, 3.63) is 65.2 Å². The molecule has 1 N–H and O–H groups in total. The van der Waals surface area contributed by atoms with Gasteiger partial charge in [-0.15, -0.1) is 0 Å². The maximum Gasteiger partial charge on any atom is 0.116 e. The van der Waals surface area contributed by atoms with Gasteiger partial charge in [-0.25, -0.2) is 0 Å². The van der Waals surface area contributed by atoms with Crippen molar-refractivity contribution in [3.63, 3.8) is 0 Å². The van der Waals surface area contributed by atoms with E-state index in [1.165, 1.54) is 5.56 Å². The smallest absolute Gasteiger partial charge is 0.116 e. The largest absolute Gasteiger partial charge is 0.508 e. The molecule has 0 fully saturated rings. The predicted molar refractivity (Wildman–Crippen MR) is 65.3 cm³/mol. The van der Waals surface area contributed by atoms with Crippen molar-refractivity contribution in [3.8, 4) is 17.6 Å². The van der Waals surface area contributed by atoms with Gasteiger partial charge in [-0.05, 0) is 37.3 Å². The lowest BCUT2D eigenvalue weighted by atomic mass is 10.1. The Kier molecular flexibility index (Phi) is 2.93. The fourth-order valence-electron chi connectivity index (χ4n) is 1.36. The summed E-state index contributed by atoms with van der Waals surface area (Å²) in [7, 11) is 0. The van der Waals surface area contributed by atoms with Gasteiger partial charge in [0.25, 0.3) is 0 Å². The molecule has 0 heterocycles. The van der Waals surface area contributed by atoms with Crippen molar-refractivity contribution in [1.82, 2.24) is 0 Å². The highest BCUT2D eigenvalue weighted by atomic mass is 16.3. The molecule has 0 aliphatic heterocycles. The van der Waals surface area contributed by atoms with Gasteiger partial charge in [0.15, 0.2) is 0 Å². The van der Waals surface area contributed by atoms with Crippen LogP contribution >= 0.6 is 0 Å². The van der Waals surface area contributed by atoms with Gasteiger partial charge >= 0.3 is 0 Å². The van der Waals surface area contributed by atoms with E-state index in [0.717, 1.165) is 11.1 Å². The molecule has 1 nitrogen and oxygen atoms in total. The average molecular weight is 208 g/mol. The van der Waals surface area contributed by atoms with E-state index in [9.17, 15) is 5.11 Å². The summed E-state index contributed by atoms with van der Waals surface area (Å²) < 4.78 is 0. The molecule has 0 amide bonds. The van der Waals surface area contributed by atoms with E-state index < -0.39 is 0 Å². The van der Waals surface area contributed by atoms with E-state index in [-0.39, 0.29) is 5.75 Å². The zero-order valence-corrected chi connectivity index (χ0v) is 9.07. The molecule has 0 unspecified atom stereocenters. The first kappa shape index (κ1) is 10.3. The van der Waals surface area contributed by atoms with Gasteiger partial charge in [-0.3, -0.25) is 0 Å². The monoisotopic (exact) mass is 208 g/mol. The minimum Gasteiger partial charge on any atom is -0.508 e. The first-order valence-electron chi connectivity index (χ1n) is 5.12. The summed E-state index contributed by atoms with van der Waals surface area (Å²) in [6.07, 6.45) is 0. The Balaban J connectivity index is 2.25. The third kappa shape index (κ3) is 2.65. The summed E-state index contributed by atoms with van der Waals surface area (Å²) in [5.74, 6) is 6.31. The number of aromatic hydroxyl groups is 1. The Bertz CT molecular complexity index is 542. The Labute approximate surface area is 95.4 Å². The normalized spacial score (nSPS) is 9.31. The van der Waals surface area contributed by atoms with E-state index in [0.29, 0.717) is 0 Å². The Hall–Kier alpha value is -2.20. The van der Waals surface area contributed by atoms with Gasteiger partial charge in [0.1, 0.15) is 5.75 Å². The molecule has 2 rings (SSSR count). The molecule has 0 aliphatic rings. The van der Waals surface area contributed by atoms with Gasteiger partial charge in [-0.1, -0.05) is 35.6 Å². The van der Waals surface area contributed by atoms with Crippen LogP contribution in [0.1, 0.15) is 16.7 Å². The number of hydrogen-bond acceptors (Lipinski definition) is 1. The number of rotatable bonds is 0. The number of phenolic OH excluding ortho intramolecular Hbond substituents is 1. The van der Waals surface area contributed by atoms with Crippen molar-refractivity contribution in [1.29, 1.82) is 0 Å². The number of benzene rings is 2. The predicted octanol–water partition coefficient (Wildman–Crippen LogP) is 3.10. The molecule has 0 saturated carbocycles. The van der Waals surface area contributed by atoms with Crippen LogP contribution < -0.4 is 0 Å². The Morgan fingerprint density at radius 3 is 2.25 bits per heavy atom. The van der Waals surface area contributed by atoms with Crippen LogP contribution in [0, 0.1) is 18.8 Å². The van der Waals surface area contributed by atoms with Crippen LogP contribution in [0.15, 0.2) is 48.5 Å². The van der Waals surface area contributed by atoms with Crippen LogP contribution in [0.25, 0.3) is 0 Å². The second-order valence-corrected chi connectivity index (χ2v) is 3.67. The first-order chi connectivity index (χ1) is 7.74. The minimum atomic E-state index is 0.246. The third-order valence-electron chi connectivity index (χ3n) is 2.25. The van der Waals surface area contributed by atoms with E-state index in [2.05, 4.69) is 11.8 Å². The molecule has 0 spiro atoms. The highest BCUT2D eigenvalue weighted by molar-refractivity contribution is 5.45. The summed E-state index contributed by atoms with van der Waals surface area (Å²) in [6, 6.07) is 15.0. The van der Waals surface area contributed by atoms with Crippen molar-refractivity contribution < 1.29 is 5.11 Å². The summed E-state index contributed by atoms with van der Waals surface area (Å²) in [6.45, 7) is 2.05. The lowest BCUT2D eigenvalue weighted by molar-refractivity contribution is 0.475. The minimum absolute atomic E-state index is 0.246. The molecule has 78 valence electrons. The second-order valence-electron chi connectivity index (χ2n) is 3.67. The van der Waals surface area contributed by atoms with E-state index >= 15 is 0 Å². The van der Waals surface area contributed by atoms with Gasteiger partial charge in [0.05, 0.1) is 0 Å². The molecule has 2 aromatic rings. The second kappa shape index (κ2) is 4.55. The van der Waals surface area contributed by atoms with Crippen LogP contribution in [0.5, 0.6) is 5.75 Å². The van der Waals surface area contributed by atoms with E-state index in [1.807, 2.05) is 37.3 Å². The topological polar surface area (TPSA) is 20.2 Å². The zero-order chi connectivity index (χ0) is 11.4. The molecule has 0 radical (unpaired) electrons. The van der Waals surface area contributed by atoms with Crippen molar-refractivity contribution in [2.45, 2.75) is 6.92 Å². The SMILES string of the molecule is Cc1ccc(C#Cc2cccc(O)c2)cc1. The molecule has 0 aromatic heterocycles. The Morgan fingerprint density at radius 1 is 0.875 bits per heavy atom. The maximum atomic E-state index is 9.28. The number of phenols is 1. The standard InChI is InChI=1S/C15H12O/c1-12-5-7-13(8-6-12)9-10-14-3-2-4-15(16)11-14/h2-8,11,16H,1H3. The summed E-state index contributed by atoms with van der Waals surface area (Å²) in [4.78, 5) is 0. The van der Waals surface area contributed by atoms with Crippen LogP contribution in [0.4, 0.5) is 0 Å². The van der Waals surface area contributed by atoms with Crippen molar-refractivity contribution >= 4 is 0 Å². The molecule has 2 aromatic carbocycles. The fraction of sp³-hybridized carbons (Fsp3) is 0.0667. The van der Waals surface area contributed by atoms with E-state index in [1.54, 1.807) is 18.2 Å². The van der Waals surface area contributed by atoms with Gasteiger partial charge < -0.3 is 5.11 Å². The lowest BCUT2D eigenvalue weighted by Gasteiger charge is -1.93. The summed E-state index contributed by atoms with van der Waals surface area (Å²) >= 11 is 0. The number of aryl methyl sites for hydroxylation is 1. The zero-order valence-electron chi connectivity index (χ0n) is 9.07. The number of hydrogen-bond donors (Lipinski definition) is 1.